The van der Waals surface area contributed by atoms with Crippen LogP contribution in [0.25, 0.3) is 0 Å². The fraction of sp³-hybridized carbons (Fsp3) is 0.273. The molecule has 0 aromatic carbocycles. The zero-order valence-electron chi connectivity index (χ0n) is 11.0. The molecule has 0 bridgehead atoms. The molecule has 118 valence electrons. The van der Waals surface area contributed by atoms with Gasteiger partial charge in [0.25, 0.3) is 0 Å². The van der Waals surface area contributed by atoms with Gasteiger partial charge in [0.2, 0.25) is 11.8 Å². The number of nitrogens with one attached hydrogen (secondary N) is 3. The van der Waals surface area contributed by atoms with E-state index in [0.29, 0.717) is 5.69 Å². The van der Waals surface area contributed by atoms with Crippen LogP contribution in [0.4, 0.5) is 18.9 Å². The number of H-pyrrole nitrogens is 1. The molecular weight excluding hydrogens is 305 g/mol. The van der Waals surface area contributed by atoms with E-state index in [9.17, 15) is 22.8 Å². The molecule has 2 aromatic rings. The van der Waals surface area contributed by atoms with Gasteiger partial charge in [-0.2, -0.15) is 23.4 Å². The number of alkyl halides is 3. The molecule has 8 nitrogen and oxygen atoms in total. The highest BCUT2D eigenvalue weighted by molar-refractivity contribution is 5.94. The summed E-state index contributed by atoms with van der Waals surface area (Å²) in [5, 5.41) is 14.1. The van der Waals surface area contributed by atoms with Crippen LogP contribution in [-0.2, 0) is 22.3 Å². The van der Waals surface area contributed by atoms with Crippen LogP contribution in [0.5, 0.6) is 0 Å². The summed E-state index contributed by atoms with van der Waals surface area (Å²) >= 11 is 0. The van der Waals surface area contributed by atoms with Gasteiger partial charge in [0, 0.05) is 12.4 Å². The second-order valence-corrected chi connectivity index (χ2v) is 4.21. The summed E-state index contributed by atoms with van der Waals surface area (Å²) in [6.07, 6.45) is -0.704. The molecule has 0 radical (unpaired) electrons. The van der Waals surface area contributed by atoms with E-state index in [1.54, 1.807) is 0 Å². The quantitative estimate of drug-likeness (QED) is 0.741. The van der Waals surface area contributed by atoms with Crippen molar-refractivity contribution in [1.82, 2.24) is 25.3 Å². The van der Waals surface area contributed by atoms with Crippen molar-refractivity contribution in [2.45, 2.75) is 12.7 Å². The standard InChI is InChI=1S/C11H11F3N6O2/c12-11(13,14)8-1-2-20(19-8)6-10(22)15-5-9(21)18-7-3-16-17-4-7/h1-4H,5-6H2,(H,15,22)(H,16,17)(H,18,21). The van der Waals surface area contributed by atoms with Crippen LogP contribution in [0.1, 0.15) is 5.69 Å². The predicted octanol–water partition coefficient (Wildman–Crippen LogP) is 0.380. The normalized spacial score (nSPS) is 11.2. The van der Waals surface area contributed by atoms with Gasteiger partial charge in [0.1, 0.15) is 6.54 Å². The minimum atomic E-state index is -4.56. The molecule has 0 aliphatic carbocycles. The summed E-state index contributed by atoms with van der Waals surface area (Å²) in [5.41, 5.74) is -0.654. The van der Waals surface area contributed by atoms with Crippen molar-refractivity contribution in [2.75, 3.05) is 11.9 Å². The fourth-order valence-electron chi connectivity index (χ4n) is 1.51. The van der Waals surface area contributed by atoms with Gasteiger partial charge in [0.05, 0.1) is 18.4 Å². The number of amides is 2. The molecule has 0 aliphatic heterocycles. The number of carbonyl (C=O) groups is 2. The first-order valence-corrected chi connectivity index (χ1v) is 6.00. The Hall–Kier alpha value is -2.85. The Morgan fingerprint density at radius 1 is 1.32 bits per heavy atom. The van der Waals surface area contributed by atoms with Crippen molar-refractivity contribution in [1.29, 1.82) is 0 Å². The lowest BCUT2D eigenvalue weighted by molar-refractivity contribution is -0.141. The van der Waals surface area contributed by atoms with Crippen LogP contribution >= 0.6 is 0 Å². The van der Waals surface area contributed by atoms with E-state index in [0.717, 1.165) is 16.9 Å². The zero-order chi connectivity index (χ0) is 16.2. The van der Waals surface area contributed by atoms with Crippen molar-refractivity contribution in [3.8, 4) is 0 Å². The largest absolute Gasteiger partial charge is 0.435 e. The van der Waals surface area contributed by atoms with E-state index in [1.807, 2.05) is 0 Å². The van der Waals surface area contributed by atoms with E-state index < -0.39 is 30.2 Å². The molecule has 0 saturated carbocycles. The Kier molecular flexibility index (Phi) is 4.44. The molecule has 11 heteroatoms. The van der Waals surface area contributed by atoms with Crippen molar-refractivity contribution < 1.29 is 22.8 Å². The molecule has 2 rings (SSSR count). The number of rotatable bonds is 5. The Bertz CT molecular complexity index is 649. The summed E-state index contributed by atoms with van der Waals surface area (Å²) in [5.74, 6) is -1.13. The molecule has 0 aliphatic rings. The van der Waals surface area contributed by atoms with Crippen LogP contribution in [0, 0.1) is 0 Å². The smallest absolute Gasteiger partial charge is 0.345 e. The average molecular weight is 316 g/mol. The van der Waals surface area contributed by atoms with E-state index >= 15 is 0 Å². The highest BCUT2D eigenvalue weighted by Crippen LogP contribution is 2.27. The molecule has 0 fully saturated rings. The summed E-state index contributed by atoms with van der Waals surface area (Å²) in [6.45, 7) is -0.744. The van der Waals surface area contributed by atoms with Crippen LogP contribution in [-0.4, -0.2) is 38.3 Å². The van der Waals surface area contributed by atoms with Gasteiger partial charge in [-0.1, -0.05) is 0 Å². The molecule has 0 unspecified atom stereocenters. The van der Waals surface area contributed by atoms with Crippen molar-refractivity contribution >= 4 is 17.5 Å². The Morgan fingerprint density at radius 2 is 2.09 bits per heavy atom. The lowest BCUT2D eigenvalue weighted by Gasteiger charge is -2.06. The number of carbonyl (C=O) groups excluding carboxylic acids is 2. The van der Waals surface area contributed by atoms with Gasteiger partial charge < -0.3 is 10.6 Å². The Labute approximate surface area is 121 Å². The molecule has 2 amide bonds. The van der Waals surface area contributed by atoms with Gasteiger partial charge >= 0.3 is 6.18 Å². The highest BCUT2D eigenvalue weighted by atomic mass is 19.4. The SMILES string of the molecule is O=C(Cn1ccc(C(F)(F)F)n1)NCC(=O)Nc1cn[nH]c1. The fourth-order valence-corrected chi connectivity index (χ4v) is 1.51. The summed E-state index contributed by atoms with van der Waals surface area (Å²) in [7, 11) is 0. The van der Waals surface area contributed by atoms with E-state index in [1.165, 1.54) is 12.4 Å². The lowest BCUT2D eigenvalue weighted by atomic mass is 10.4. The number of aromatic amines is 1. The number of nitrogens with zero attached hydrogens (tertiary/aromatic N) is 3. The second kappa shape index (κ2) is 6.28. The van der Waals surface area contributed by atoms with Crippen molar-refractivity contribution in [3.05, 3.63) is 30.4 Å². The maximum atomic E-state index is 12.3. The first-order valence-electron chi connectivity index (χ1n) is 6.00. The molecule has 2 heterocycles. The van der Waals surface area contributed by atoms with Gasteiger partial charge in [-0.3, -0.25) is 19.4 Å². The number of hydrogen-bond acceptors (Lipinski definition) is 4. The van der Waals surface area contributed by atoms with E-state index in [4.69, 9.17) is 0 Å². The lowest BCUT2D eigenvalue weighted by Crippen LogP contribution is -2.35. The third kappa shape index (κ3) is 4.33. The van der Waals surface area contributed by atoms with Crippen LogP contribution < -0.4 is 10.6 Å². The zero-order valence-corrected chi connectivity index (χ0v) is 11.0. The topological polar surface area (TPSA) is 105 Å². The maximum absolute atomic E-state index is 12.3. The molecule has 0 saturated heterocycles. The first kappa shape index (κ1) is 15.5. The first-order chi connectivity index (χ1) is 10.3. The highest BCUT2D eigenvalue weighted by Gasteiger charge is 2.33. The van der Waals surface area contributed by atoms with E-state index in [-0.39, 0.29) is 6.54 Å². The molecule has 0 atom stereocenters. The van der Waals surface area contributed by atoms with Gasteiger partial charge in [-0.05, 0) is 6.07 Å². The third-order valence-electron chi connectivity index (χ3n) is 2.46. The van der Waals surface area contributed by atoms with Crippen molar-refractivity contribution in [3.63, 3.8) is 0 Å². The molecule has 0 spiro atoms. The Morgan fingerprint density at radius 3 is 2.68 bits per heavy atom. The van der Waals surface area contributed by atoms with Gasteiger partial charge in [-0.25, -0.2) is 0 Å². The third-order valence-corrected chi connectivity index (χ3v) is 2.46. The number of anilines is 1. The average Bonchev–Trinajstić information content (AvgIpc) is 3.07. The monoisotopic (exact) mass is 316 g/mol. The predicted molar refractivity (Wildman–Crippen MR) is 67.5 cm³/mol. The molecular formula is C11H11F3N6O2. The second-order valence-electron chi connectivity index (χ2n) is 4.21. The number of aromatic nitrogens is 4. The maximum Gasteiger partial charge on any atom is 0.435 e. The van der Waals surface area contributed by atoms with E-state index in [2.05, 4.69) is 25.9 Å². The van der Waals surface area contributed by atoms with Gasteiger partial charge in [-0.15, -0.1) is 0 Å². The Balaban J connectivity index is 1.78. The molecule has 22 heavy (non-hydrogen) atoms. The van der Waals surface area contributed by atoms with Gasteiger partial charge in [0.15, 0.2) is 5.69 Å². The molecule has 2 aromatic heterocycles. The van der Waals surface area contributed by atoms with Crippen LogP contribution in [0.2, 0.25) is 0 Å². The van der Waals surface area contributed by atoms with Crippen LogP contribution in [0.3, 0.4) is 0 Å². The number of hydrogen-bond donors (Lipinski definition) is 3. The summed E-state index contributed by atoms with van der Waals surface area (Å²) < 4.78 is 37.8. The minimum Gasteiger partial charge on any atom is -0.345 e. The van der Waals surface area contributed by atoms with Crippen molar-refractivity contribution in [2.24, 2.45) is 0 Å². The minimum absolute atomic E-state index is 0.322. The summed E-state index contributed by atoms with van der Waals surface area (Å²) in [6, 6.07) is 0.763. The van der Waals surface area contributed by atoms with Crippen LogP contribution in [0.15, 0.2) is 24.7 Å². The summed E-state index contributed by atoms with van der Waals surface area (Å²) in [4.78, 5) is 23.0. The molecule has 3 N–H and O–H groups in total. The number of halogens is 3.